The van der Waals surface area contributed by atoms with Crippen molar-refractivity contribution < 1.29 is 9.53 Å². The molecule has 0 aliphatic heterocycles. The number of carbonyl (C=O) groups excluding carboxylic acids is 1. The van der Waals surface area contributed by atoms with Gasteiger partial charge in [0.2, 0.25) is 0 Å². The van der Waals surface area contributed by atoms with Crippen molar-refractivity contribution in [2.75, 3.05) is 12.4 Å². The number of rotatable bonds is 6. The summed E-state index contributed by atoms with van der Waals surface area (Å²) in [6.07, 6.45) is 0. The second-order valence-corrected chi connectivity index (χ2v) is 7.84. The van der Waals surface area contributed by atoms with Gasteiger partial charge in [-0.25, -0.2) is 4.98 Å². The number of nitrogens with zero attached hydrogens (tertiary/aromatic N) is 1. The van der Waals surface area contributed by atoms with E-state index in [4.69, 9.17) is 4.74 Å². The van der Waals surface area contributed by atoms with Gasteiger partial charge in [0.1, 0.15) is 10.6 Å². The number of anilines is 2. The van der Waals surface area contributed by atoms with E-state index in [1.54, 1.807) is 7.11 Å². The van der Waals surface area contributed by atoms with Crippen LogP contribution in [0.25, 0.3) is 0 Å². The van der Waals surface area contributed by atoms with Crippen molar-refractivity contribution in [1.82, 2.24) is 10.3 Å². The second kappa shape index (κ2) is 8.44. The predicted molar refractivity (Wildman–Crippen MR) is 115 cm³/mol. The molecule has 0 aliphatic carbocycles. The number of aryl methyl sites for hydroxylation is 3. The number of carbonyl (C=O) groups is 1. The zero-order valence-corrected chi connectivity index (χ0v) is 17.6. The van der Waals surface area contributed by atoms with Crippen LogP contribution in [0.15, 0.2) is 42.5 Å². The summed E-state index contributed by atoms with van der Waals surface area (Å²) < 4.78 is 5.18. The first-order valence-electron chi connectivity index (χ1n) is 9.14. The Balaban J connectivity index is 1.71. The summed E-state index contributed by atoms with van der Waals surface area (Å²) >= 11 is 1.36. The Kier molecular flexibility index (Phi) is 5.99. The highest BCUT2D eigenvalue weighted by Crippen LogP contribution is 2.28. The van der Waals surface area contributed by atoms with E-state index in [1.165, 1.54) is 16.9 Å². The molecule has 2 N–H and O–H groups in total. The molecule has 0 bridgehead atoms. The monoisotopic (exact) mass is 395 g/mol. The van der Waals surface area contributed by atoms with E-state index in [0.717, 1.165) is 28.3 Å². The third kappa shape index (κ3) is 4.51. The number of benzene rings is 2. The van der Waals surface area contributed by atoms with Crippen LogP contribution in [0.2, 0.25) is 0 Å². The lowest BCUT2D eigenvalue weighted by Crippen LogP contribution is -2.26. The standard InChI is InChI=1S/C22H25N3O2S/c1-13-6-11-19(14(2)12-13)25-22-24-16(4)20(28-22)21(26)23-15(3)17-7-9-18(27-5)10-8-17/h6-12,15H,1-5H3,(H,23,26)(H,24,25). The van der Waals surface area contributed by atoms with E-state index in [9.17, 15) is 4.79 Å². The van der Waals surface area contributed by atoms with Crippen LogP contribution in [0.5, 0.6) is 5.75 Å². The molecular formula is C22H25N3O2S. The van der Waals surface area contributed by atoms with Gasteiger partial charge in [-0.2, -0.15) is 0 Å². The molecule has 0 saturated carbocycles. The van der Waals surface area contributed by atoms with Crippen LogP contribution in [0.1, 0.15) is 45.0 Å². The first-order chi connectivity index (χ1) is 13.4. The summed E-state index contributed by atoms with van der Waals surface area (Å²) in [5.41, 5.74) is 5.09. The van der Waals surface area contributed by atoms with Crippen LogP contribution in [-0.4, -0.2) is 18.0 Å². The number of aromatic nitrogens is 1. The molecule has 1 heterocycles. The molecule has 0 saturated heterocycles. The lowest BCUT2D eigenvalue weighted by molar-refractivity contribution is 0.0943. The molecule has 146 valence electrons. The highest BCUT2D eigenvalue weighted by atomic mass is 32.1. The Morgan fingerprint density at radius 2 is 1.82 bits per heavy atom. The number of thiazole rings is 1. The second-order valence-electron chi connectivity index (χ2n) is 6.85. The topological polar surface area (TPSA) is 63.2 Å². The van der Waals surface area contributed by atoms with E-state index in [-0.39, 0.29) is 11.9 Å². The van der Waals surface area contributed by atoms with Crippen molar-refractivity contribution in [1.29, 1.82) is 0 Å². The van der Waals surface area contributed by atoms with Gasteiger partial charge in [0, 0.05) is 5.69 Å². The fourth-order valence-electron chi connectivity index (χ4n) is 2.97. The number of hydrogen-bond acceptors (Lipinski definition) is 5. The molecule has 1 unspecified atom stereocenters. The number of methoxy groups -OCH3 is 1. The molecule has 2 aromatic carbocycles. The van der Waals surface area contributed by atoms with Crippen molar-refractivity contribution >= 4 is 28.1 Å². The predicted octanol–water partition coefficient (Wildman–Crippen LogP) is 5.31. The average molecular weight is 396 g/mol. The summed E-state index contributed by atoms with van der Waals surface area (Å²) in [6.45, 7) is 7.94. The maximum Gasteiger partial charge on any atom is 0.263 e. The molecule has 0 spiro atoms. The number of nitrogens with one attached hydrogen (secondary N) is 2. The smallest absolute Gasteiger partial charge is 0.263 e. The summed E-state index contributed by atoms with van der Waals surface area (Å²) in [5, 5.41) is 7.09. The van der Waals surface area contributed by atoms with E-state index >= 15 is 0 Å². The van der Waals surface area contributed by atoms with Crippen LogP contribution in [-0.2, 0) is 0 Å². The first-order valence-corrected chi connectivity index (χ1v) is 9.95. The molecule has 0 fully saturated rings. The Bertz CT molecular complexity index is 980. The SMILES string of the molecule is COc1ccc(C(C)NC(=O)c2sc(Nc3ccc(C)cc3C)nc2C)cc1. The zero-order valence-electron chi connectivity index (χ0n) is 16.8. The molecule has 5 nitrogen and oxygen atoms in total. The third-order valence-corrected chi connectivity index (χ3v) is 5.66. The third-order valence-electron chi connectivity index (χ3n) is 4.59. The Morgan fingerprint density at radius 1 is 1.11 bits per heavy atom. The van der Waals surface area contributed by atoms with Gasteiger partial charge in [-0.15, -0.1) is 0 Å². The minimum Gasteiger partial charge on any atom is -0.497 e. The molecule has 3 aromatic rings. The Hall–Kier alpha value is -2.86. The molecule has 3 rings (SSSR count). The lowest BCUT2D eigenvalue weighted by Gasteiger charge is -2.14. The van der Waals surface area contributed by atoms with E-state index in [2.05, 4.69) is 41.6 Å². The van der Waals surface area contributed by atoms with Gasteiger partial charge in [0.15, 0.2) is 5.13 Å². The van der Waals surface area contributed by atoms with Gasteiger partial charge < -0.3 is 15.4 Å². The van der Waals surface area contributed by atoms with Crippen molar-refractivity contribution in [2.45, 2.75) is 33.7 Å². The fourth-order valence-corrected chi connectivity index (χ4v) is 3.85. The van der Waals surface area contributed by atoms with Gasteiger partial charge in [-0.3, -0.25) is 4.79 Å². The summed E-state index contributed by atoms with van der Waals surface area (Å²) in [7, 11) is 1.64. The molecule has 0 radical (unpaired) electrons. The van der Waals surface area contributed by atoms with Gasteiger partial charge >= 0.3 is 0 Å². The first kappa shape index (κ1) is 19.9. The molecule has 1 atom stereocenters. The fraction of sp³-hybridized carbons (Fsp3) is 0.273. The van der Waals surface area contributed by atoms with Gasteiger partial charge in [-0.05, 0) is 57.0 Å². The Morgan fingerprint density at radius 3 is 2.46 bits per heavy atom. The zero-order chi connectivity index (χ0) is 20.3. The molecule has 1 amide bonds. The molecule has 6 heteroatoms. The average Bonchev–Trinajstić information content (AvgIpc) is 3.04. The highest BCUT2D eigenvalue weighted by Gasteiger charge is 2.18. The van der Waals surface area contributed by atoms with E-state index < -0.39 is 0 Å². The van der Waals surface area contributed by atoms with Crippen molar-refractivity contribution in [2.24, 2.45) is 0 Å². The Labute approximate surface area is 169 Å². The van der Waals surface area contributed by atoms with E-state index in [0.29, 0.717) is 10.0 Å². The van der Waals surface area contributed by atoms with Gasteiger partial charge in [0.25, 0.3) is 5.91 Å². The lowest BCUT2D eigenvalue weighted by atomic mass is 10.1. The molecule has 1 aromatic heterocycles. The van der Waals surface area contributed by atoms with Crippen LogP contribution in [0, 0.1) is 20.8 Å². The highest BCUT2D eigenvalue weighted by molar-refractivity contribution is 7.17. The molecule has 0 aliphatic rings. The summed E-state index contributed by atoms with van der Waals surface area (Å²) in [5.74, 6) is 0.676. The largest absolute Gasteiger partial charge is 0.497 e. The summed E-state index contributed by atoms with van der Waals surface area (Å²) in [4.78, 5) is 17.9. The maximum absolute atomic E-state index is 12.8. The normalized spacial score (nSPS) is 11.8. The van der Waals surface area contributed by atoms with Gasteiger partial charge in [-0.1, -0.05) is 41.2 Å². The van der Waals surface area contributed by atoms with Crippen molar-refractivity contribution in [3.05, 3.63) is 69.7 Å². The number of hydrogen-bond donors (Lipinski definition) is 2. The number of ether oxygens (including phenoxy) is 1. The van der Waals surface area contributed by atoms with Crippen LogP contribution >= 0.6 is 11.3 Å². The van der Waals surface area contributed by atoms with Crippen LogP contribution in [0.4, 0.5) is 10.8 Å². The van der Waals surface area contributed by atoms with E-state index in [1.807, 2.05) is 44.2 Å². The van der Waals surface area contributed by atoms with Crippen LogP contribution in [0.3, 0.4) is 0 Å². The number of amides is 1. The molecule has 28 heavy (non-hydrogen) atoms. The quantitative estimate of drug-likeness (QED) is 0.594. The molecular weight excluding hydrogens is 370 g/mol. The minimum absolute atomic E-state index is 0.115. The van der Waals surface area contributed by atoms with Crippen molar-refractivity contribution in [3.63, 3.8) is 0 Å². The van der Waals surface area contributed by atoms with Crippen LogP contribution < -0.4 is 15.4 Å². The summed E-state index contributed by atoms with van der Waals surface area (Å²) in [6, 6.07) is 13.8. The minimum atomic E-state index is -0.119. The van der Waals surface area contributed by atoms with Crippen molar-refractivity contribution in [3.8, 4) is 5.75 Å². The van der Waals surface area contributed by atoms with Gasteiger partial charge in [0.05, 0.1) is 18.8 Å². The maximum atomic E-state index is 12.8.